The molecule has 1 saturated heterocycles. The summed E-state index contributed by atoms with van der Waals surface area (Å²) in [6.45, 7) is 14.1. The van der Waals surface area contributed by atoms with Crippen LogP contribution in [0.4, 0.5) is 0 Å². The zero-order chi connectivity index (χ0) is 11.4. The molecule has 1 heteroatoms. The second-order valence-corrected chi connectivity index (χ2v) is 6.78. The molecule has 0 aromatic heterocycles. The molecule has 88 valence electrons. The molecule has 0 N–H and O–H groups in total. The van der Waals surface area contributed by atoms with Crippen LogP contribution in [0.3, 0.4) is 0 Å². The number of ether oxygens (including phenoxy) is 1. The minimum absolute atomic E-state index is 0.183. The Morgan fingerprint density at radius 1 is 1.27 bits per heavy atom. The van der Waals surface area contributed by atoms with Crippen molar-refractivity contribution in [2.45, 2.75) is 66.1 Å². The molecule has 2 aliphatic rings. The number of hydrogen-bond acceptors (Lipinski definition) is 1. The van der Waals surface area contributed by atoms with Gasteiger partial charge in [-0.25, -0.2) is 0 Å². The van der Waals surface area contributed by atoms with E-state index < -0.39 is 0 Å². The predicted molar refractivity (Wildman–Crippen MR) is 63.8 cm³/mol. The maximum absolute atomic E-state index is 6.35. The summed E-state index contributed by atoms with van der Waals surface area (Å²) in [6.07, 6.45) is 3.03. The molecular formula is C14H26O. The molecule has 15 heavy (non-hydrogen) atoms. The largest absolute Gasteiger partial charge is 0.371 e. The van der Waals surface area contributed by atoms with Crippen molar-refractivity contribution in [3.8, 4) is 0 Å². The van der Waals surface area contributed by atoms with Crippen LogP contribution in [-0.2, 0) is 4.74 Å². The van der Waals surface area contributed by atoms with E-state index in [1.165, 1.54) is 12.8 Å². The molecular weight excluding hydrogens is 184 g/mol. The number of fused-ring (bicyclic) bond motifs is 2. The molecule has 2 unspecified atom stereocenters. The van der Waals surface area contributed by atoms with Crippen LogP contribution >= 0.6 is 0 Å². The van der Waals surface area contributed by atoms with Crippen LogP contribution in [0.5, 0.6) is 0 Å². The Morgan fingerprint density at radius 2 is 1.87 bits per heavy atom. The van der Waals surface area contributed by atoms with Crippen molar-refractivity contribution in [2.75, 3.05) is 0 Å². The molecule has 1 heterocycles. The maximum atomic E-state index is 6.35. The fourth-order valence-electron chi connectivity index (χ4n) is 4.53. The Balaban J connectivity index is 2.39. The highest BCUT2D eigenvalue weighted by atomic mass is 16.5. The van der Waals surface area contributed by atoms with Gasteiger partial charge in [0.25, 0.3) is 0 Å². The third-order valence-corrected chi connectivity index (χ3v) is 4.91. The van der Waals surface area contributed by atoms with Crippen LogP contribution in [-0.4, -0.2) is 11.7 Å². The van der Waals surface area contributed by atoms with E-state index in [0.29, 0.717) is 11.5 Å². The molecule has 0 spiro atoms. The zero-order valence-corrected chi connectivity index (χ0v) is 11.1. The van der Waals surface area contributed by atoms with E-state index in [4.69, 9.17) is 4.74 Å². The summed E-state index contributed by atoms with van der Waals surface area (Å²) in [6, 6.07) is 0. The van der Waals surface area contributed by atoms with E-state index in [1.54, 1.807) is 0 Å². The second kappa shape index (κ2) is 3.23. The predicted octanol–water partition coefficient (Wildman–Crippen LogP) is 3.87. The lowest BCUT2D eigenvalue weighted by atomic mass is 9.68. The number of hydrogen-bond donors (Lipinski definition) is 0. The molecule has 2 bridgehead atoms. The summed E-state index contributed by atoms with van der Waals surface area (Å²) >= 11 is 0. The number of rotatable bonds is 1. The van der Waals surface area contributed by atoms with Gasteiger partial charge in [-0.05, 0) is 42.9 Å². The summed E-state index contributed by atoms with van der Waals surface area (Å²) in [4.78, 5) is 0. The smallest absolute Gasteiger partial charge is 0.0745 e. The first kappa shape index (κ1) is 11.4. The summed E-state index contributed by atoms with van der Waals surface area (Å²) in [5, 5.41) is 0. The quantitative estimate of drug-likeness (QED) is 0.638. The van der Waals surface area contributed by atoms with Gasteiger partial charge in [0.15, 0.2) is 0 Å². The molecule has 0 radical (unpaired) electrons. The Morgan fingerprint density at radius 3 is 2.27 bits per heavy atom. The molecule has 1 nitrogen and oxygen atoms in total. The van der Waals surface area contributed by atoms with E-state index in [0.717, 1.165) is 17.8 Å². The van der Waals surface area contributed by atoms with Crippen molar-refractivity contribution in [1.29, 1.82) is 0 Å². The van der Waals surface area contributed by atoms with Crippen LogP contribution in [0.15, 0.2) is 0 Å². The van der Waals surface area contributed by atoms with Gasteiger partial charge in [-0.1, -0.05) is 34.6 Å². The second-order valence-electron chi connectivity index (χ2n) is 6.78. The molecule has 1 aliphatic carbocycles. The van der Waals surface area contributed by atoms with Gasteiger partial charge in [-0.2, -0.15) is 0 Å². The van der Waals surface area contributed by atoms with Crippen molar-refractivity contribution in [2.24, 2.45) is 23.2 Å². The molecule has 0 aromatic rings. The van der Waals surface area contributed by atoms with E-state index in [9.17, 15) is 0 Å². The van der Waals surface area contributed by atoms with Gasteiger partial charge in [-0.15, -0.1) is 0 Å². The van der Waals surface area contributed by atoms with E-state index in [-0.39, 0.29) is 5.60 Å². The van der Waals surface area contributed by atoms with E-state index in [2.05, 4.69) is 41.5 Å². The maximum Gasteiger partial charge on any atom is 0.0745 e. The van der Waals surface area contributed by atoms with Crippen molar-refractivity contribution >= 4 is 0 Å². The van der Waals surface area contributed by atoms with Gasteiger partial charge in [0, 0.05) is 0 Å². The first-order chi connectivity index (χ1) is 6.83. The third kappa shape index (κ3) is 1.39. The summed E-state index contributed by atoms with van der Waals surface area (Å²) < 4.78 is 6.35. The Labute approximate surface area is 94.6 Å². The Bertz CT molecular complexity index is 253. The van der Waals surface area contributed by atoms with Gasteiger partial charge >= 0.3 is 0 Å². The fourth-order valence-corrected chi connectivity index (χ4v) is 4.53. The fraction of sp³-hybridized carbons (Fsp3) is 1.00. The molecule has 1 aliphatic heterocycles. The van der Waals surface area contributed by atoms with Crippen LogP contribution in [0.2, 0.25) is 0 Å². The van der Waals surface area contributed by atoms with Crippen LogP contribution in [0.1, 0.15) is 54.4 Å². The SMILES string of the molecule is CC[C@]12O[C@@H](C)C(CC1C)[C@H]2C(C)(C)C. The molecule has 5 atom stereocenters. The molecule has 0 amide bonds. The minimum atomic E-state index is 0.183. The highest BCUT2D eigenvalue weighted by Crippen LogP contribution is 2.62. The van der Waals surface area contributed by atoms with E-state index in [1.807, 2.05) is 0 Å². The first-order valence-electron chi connectivity index (χ1n) is 6.50. The van der Waals surface area contributed by atoms with Gasteiger partial charge in [0.1, 0.15) is 0 Å². The van der Waals surface area contributed by atoms with Crippen molar-refractivity contribution < 1.29 is 4.74 Å². The average molecular weight is 210 g/mol. The van der Waals surface area contributed by atoms with Crippen molar-refractivity contribution in [3.63, 3.8) is 0 Å². The van der Waals surface area contributed by atoms with Crippen LogP contribution < -0.4 is 0 Å². The van der Waals surface area contributed by atoms with Gasteiger partial charge < -0.3 is 4.74 Å². The van der Waals surface area contributed by atoms with Gasteiger partial charge in [-0.3, -0.25) is 0 Å². The lowest BCUT2D eigenvalue weighted by Gasteiger charge is -2.41. The molecule has 1 saturated carbocycles. The minimum Gasteiger partial charge on any atom is -0.371 e. The molecule has 2 fully saturated rings. The summed E-state index contributed by atoms with van der Waals surface area (Å²) in [5.41, 5.74) is 0.568. The average Bonchev–Trinajstić information content (AvgIpc) is 2.53. The Kier molecular flexibility index (Phi) is 2.46. The van der Waals surface area contributed by atoms with Gasteiger partial charge in [0.2, 0.25) is 0 Å². The Hall–Kier alpha value is -0.0400. The standard InChI is InChI=1S/C14H26O/c1-7-14-9(2)8-11(10(3)15-14)12(14)13(4,5)6/h9-12H,7-8H2,1-6H3/t9?,10-,11?,12-,14-/m0/s1. The lowest BCUT2D eigenvalue weighted by Crippen LogP contribution is -2.43. The highest BCUT2D eigenvalue weighted by Gasteiger charge is 2.63. The van der Waals surface area contributed by atoms with Gasteiger partial charge in [0.05, 0.1) is 11.7 Å². The van der Waals surface area contributed by atoms with Crippen molar-refractivity contribution in [3.05, 3.63) is 0 Å². The summed E-state index contributed by atoms with van der Waals surface area (Å²) in [7, 11) is 0. The topological polar surface area (TPSA) is 9.23 Å². The van der Waals surface area contributed by atoms with Crippen LogP contribution in [0, 0.1) is 23.2 Å². The lowest BCUT2D eigenvalue weighted by molar-refractivity contribution is -0.114. The van der Waals surface area contributed by atoms with Crippen LogP contribution in [0.25, 0.3) is 0 Å². The highest BCUT2D eigenvalue weighted by molar-refractivity contribution is 5.11. The van der Waals surface area contributed by atoms with E-state index >= 15 is 0 Å². The third-order valence-electron chi connectivity index (χ3n) is 4.91. The summed E-state index contributed by atoms with van der Waals surface area (Å²) in [5.74, 6) is 2.29. The molecule has 2 rings (SSSR count). The first-order valence-corrected chi connectivity index (χ1v) is 6.50. The van der Waals surface area contributed by atoms with Crippen molar-refractivity contribution in [1.82, 2.24) is 0 Å². The molecule has 0 aromatic carbocycles. The normalized spacial score (nSPS) is 50.0. The monoisotopic (exact) mass is 210 g/mol. The zero-order valence-electron chi connectivity index (χ0n) is 11.1.